The molecular weight excluding hydrogens is 240 g/mol. The van der Waals surface area contributed by atoms with Crippen LogP contribution in [-0.4, -0.2) is 11.3 Å². The maximum Gasteiger partial charge on any atom is 0.434 e. The van der Waals surface area contributed by atoms with Crippen LogP contribution in [-0.2, 0) is 6.18 Å². The Morgan fingerprint density at radius 1 is 1.31 bits per heavy atom. The Morgan fingerprint density at radius 2 is 1.88 bits per heavy atom. The Morgan fingerprint density at radius 3 is 2.25 bits per heavy atom. The second kappa shape index (κ2) is 4.11. The molecule has 2 nitrogen and oxygen atoms in total. The fourth-order valence-electron chi connectivity index (χ4n) is 1.08. The lowest BCUT2D eigenvalue weighted by atomic mass is 10.1. The number of alkyl halides is 5. The molecule has 0 fully saturated rings. The van der Waals surface area contributed by atoms with Crippen molar-refractivity contribution in [3.05, 3.63) is 28.8 Å². The van der Waals surface area contributed by atoms with Crippen LogP contribution in [0.15, 0.2) is 6.20 Å². The molecule has 0 spiro atoms. The average molecular weight is 243 g/mol. The van der Waals surface area contributed by atoms with Crippen LogP contribution in [0.5, 0.6) is 0 Å². The van der Waals surface area contributed by atoms with Gasteiger partial charge in [-0.05, 0) is 0 Å². The van der Waals surface area contributed by atoms with E-state index in [2.05, 4.69) is 4.98 Å². The zero-order valence-electron chi connectivity index (χ0n) is 7.36. The van der Waals surface area contributed by atoms with E-state index >= 15 is 0 Å². The number of aromatic nitrogens is 1. The first kappa shape index (κ1) is 12.5. The summed E-state index contributed by atoms with van der Waals surface area (Å²) in [5, 5.41) is 0. The molecule has 8 heteroatoms. The van der Waals surface area contributed by atoms with E-state index in [-0.39, 0.29) is 6.20 Å². The van der Waals surface area contributed by atoms with E-state index in [0.29, 0.717) is 0 Å². The van der Waals surface area contributed by atoms with Gasteiger partial charge in [-0.15, -0.1) is 0 Å². The highest BCUT2D eigenvalue weighted by Crippen LogP contribution is 2.34. The van der Waals surface area contributed by atoms with Crippen molar-refractivity contribution in [3.63, 3.8) is 0 Å². The number of carbonyl (C=O) groups excluding carboxylic acids is 1. The summed E-state index contributed by atoms with van der Waals surface area (Å²) in [5.74, 6) is -1.65. The molecule has 0 unspecified atom stereocenters. The number of carbonyl (C=O) groups is 1. The minimum absolute atomic E-state index is 0.0112. The van der Waals surface area contributed by atoms with Gasteiger partial charge in [0.05, 0.1) is 17.3 Å². The van der Waals surface area contributed by atoms with E-state index in [1.807, 2.05) is 0 Å². The van der Waals surface area contributed by atoms with E-state index in [9.17, 15) is 31.1 Å². The van der Waals surface area contributed by atoms with Gasteiger partial charge in [0, 0.05) is 0 Å². The Bertz CT molecular complexity index is 414. The molecule has 0 N–H and O–H groups in total. The topological polar surface area (TPSA) is 30.0 Å². The van der Waals surface area contributed by atoms with Gasteiger partial charge in [-0.2, -0.15) is 13.2 Å². The molecular formula is C8H3F6NO. The van der Waals surface area contributed by atoms with Gasteiger partial charge < -0.3 is 0 Å². The molecule has 0 radical (unpaired) electrons. The molecule has 16 heavy (non-hydrogen) atoms. The molecule has 0 atom stereocenters. The molecule has 1 aromatic heterocycles. The normalized spacial score (nSPS) is 11.9. The summed E-state index contributed by atoms with van der Waals surface area (Å²) >= 11 is 0. The van der Waals surface area contributed by atoms with Crippen molar-refractivity contribution in [1.82, 2.24) is 4.98 Å². The lowest BCUT2D eigenvalue weighted by molar-refractivity contribution is -0.141. The third-order valence-corrected chi connectivity index (χ3v) is 1.71. The first-order valence-electron chi connectivity index (χ1n) is 3.78. The summed E-state index contributed by atoms with van der Waals surface area (Å²) in [5.41, 5.74) is -4.88. The van der Waals surface area contributed by atoms with Crippen LogP contribution in [0.4, 0.5) is 26.3 Å². The lowest BCUT2D eigenvalue weighted by Crippen LogP contribution is -2.15. The molecule has 1 heterocycles. The van der Waals surface area contributed by atoms with Gasteiger partial charge in [0.2, 0.25) is 0 Å². The maximum atomic E-state index is 12.8. The Labute approximate surface area is 84.9 Å². The summed E-state index contributed by atoms with van der Waals surface area (Å²) in [4.78, 5) is 12.9. The van der Waals surface area contributed by atoms with Gasteiger partial charge in [-0.25, -0.2) is 18.2 Å². The highest BCUT2D eigenvalue weighted by molar-refractivity contribution is 5.79. The quantitative estimate of drug-likeness (QED) is 0.590. The lowest BCUT2D eigenvalue weighted by Gasteiger charge is -2.11. The number of aldehydes is 1. The fourth-order valence-corrected chi connectivity index (χ4v) is 1.08. The Balaban J connectivity index is 3.56. The number of rotatable bonds is 2. The second-order valence-electron chi connectivity index (χ2n) is 2.70. The van der Waals surface area contributed by atoms with Crippen molar-refractivity contribution in [3.8, 4) is 0 Å². The average Bonchev–Trinajstić information content (AvgIpc) is 2.14. The highest BCUT2D eigenvalue weighted by atomic mass is 19.4. The summed E-state index contributed by atoms with van der Waals surface area (Å²) in [6.07, 6.45) is -9.09. The summed E-state index contributed by atoms with van der Waals surface area (Å²) in [7, 11) is 0. The van der Waals surface area contributed by atoms with Gasteiger partial charge in [0.15, 0.2) is 17.8 Å². The number of halogens is 6. The maximum absolute atomic E-state index is 12.8. The van der Waals surface area contributed by atoms with Gasteiger partial charge in [-0.1, -0.05) is 0 Å². The van der Waals surface area contributed by atoms with Gasteiger partial charge >= 0.3 is 6.18 Å². The smallest absolute Gasteiger partial charge is 0.298 e. The van der Waals surface area contributed by atoms with Crippen LogP contribution in [0.2, 0.25) is 0 Å². The van der Waals surface area contributed by atoms with Crippen molar-refractivity contribution in [2.75, 3.05) is 0 Å². The zero-order valence-corrected chi connectivity index (χ0v) is 7.36. The van der Waals surface area contributed by atoms with Gasteiger partial charge in [0.1, 0.15) is 0 Å². The van der Waals surface area contributed by atoms with Crippen LogP contribution in [0.25, 0.3) is 0 Å². The highest BCUT2D eigenvalue weighted by Gasteiger charge is 2.38. The van der Waals surface area contributed by atoms with Crippen molar-refractivity contribution in [1.29, 1.82) is 0 Å². The van der Waals surface area contributed by atoms with E-state index in [1.54, 1.807) is 0 Å². The van der Waals surface area contributed by atoms with Crippen molar-refractivity contribution in [2.45, 2.75) is 12.6 Å². The molecule has 0 aliphatic carbocycles. The number of nitrogens with zero attached hydrogens (tertiary/aromatic N) is 1. The van der Waals surface area contributed by atoms with Gasteiger partial charge in [-0.3, -0.25) is 4.79 Å². The minimum atomic E-state index is -5.09. The number of pyridine rings is 1. The zero-order chi connectivity index (χ0) is 12.5. The molecule has 0 aliphatic rings. The van der Waals surface area contributed by atoms with Crippen LogP contribution in [0, 0.1) is 5.82 Å². The third-order valence-electron chi connectivity index (χ3n) is 1.71. The SMILES string of the molecule is O=Cc1c(C(F)(F)F)ncc(F)c1C(F)F. The fraction of sp³-hybridized carbons (Fsp3) is 0.250. The number of hydrogen-bond donors (Lipinski definition) is 0. The van der Waals surface area contributed by atoms with E-state index in [0.717, 1.165) is 0 Å². The van der Waals surface area contributed by atoms with E-state index in [4.69, 9.17) is 0 Å². The molecule has 0 saturated heterocycles. The molecule has 0 saturated carbocycles. The van der Waals surface area contributed by atoms with Crippen LogP contribution < -0.4 is 0 Å². The summed E-state index contributed by atoms with van der Waals surface area (Å²) < 4.78 is 74.0. The molecule has 0 aliphatic heterocycles. The summed E-state index contributed by atoms with van der Waals surface area (Å²) in [6, 6.07) is 0. The predicted octanol–water partition coefficient (Wildman–Crippen LogP) is 2.99. The van der Waals surface area contributed by atoms with Crippen molar-refractivity contribution >= 4 is 6.29 Å². The van der Waals surface area contributed by atoms with E-state index < -0.39 is 41.5 Å². The molecule has 0 amide bonds. The van der Waals surface area contributed by atoms with Crippen LogP contribution >= 0.6 is 0 Å². The van der Waals surface area contributed by atoms with Gasteiger partial charge in [0.25, 0.3) is 6.43 Å². The largest absolute Gasteiger partial charge is 0.434 e. The van der Waals surface area contributed by atoms with Crippen LogP contribution in [0.3, 0.4) is 0 Å². The molecule has 88 valence electrons. The predicted molar refractivity (Wildman–Crippen MR) is 39.5 cm³/mol. The van der Waals surface area contributed by atoms with Crippen LogP contribution in [0.1, 0.15) is 28.0 Å². The standard InChI is InChI=1S/C8H3F6NO/c9-4-1-15-6(8(12,13)14)3(2-16)5(4)7(10)11/h1-2,7H. The monoisotopic (exact) mass is 243 g/mol. The number of hydrogen-bond acceptors (Lipinski definition) is 2. The Hall–Kier alpha value is -1.60. The van der Waals surface area contributed by atoms with Crippen molar-refractivity contribution < 1.29 is 31.1 Å². The first-order valence-corrected chi connectivity index (χ1v) is 3.78. The van der Waals surface area contributed by atoms with E-state index in [1.165, 1.54) is 0 Å². The van der Waals surface area contributed by atoms with Crippen molar-refractivity contribution in [2.24, 2.45) is 0 Å². The molecule has 0 bridgehead atoms. The minimum Gasteiger partial charge on any atom is -0.298 e. The molecule has 0 aromatic carbocycles. The summed E-state index contributed by atoms with van der Waals surface area (Å²) in [6.45, 7) is 0. The Kier molecular flexibility index (Phi) is 3.20. The first-order chi connectivity index (χ1) is 7.29. The molecule has 1 aromatic rings. The second-order valence-corrected chi connectivity index (χ2v) is 2.70. The molecule has 1 rings (SSSR count). The third kappa shape index (κ3) is 2.15.